The lowest BCUT2D eigenvalue weighted by molar-refractivity contribution is 0.567. The summed E-state index contributed by atoms with van der Waals surface area (Å²) in [4.78, 5) is 0. The molecule has 0 heterocycles. The van der Waals surface area contributed by atoms with Crippen molar-refractivity contribution in [3.63, 3.8) is 0 Å². The zero-order chi connectivity index (χ0) is 12.6. The van der Waals surface area contributed by atoms with Crippen molar-refractivity contribution < 1.29 is 0 Å². The monoisotopic (exact) mass is 214 g/mol. The van der Waals surface area contributed by atoms with Crippen LogP contribution in [0.3, 0.4) is 0 Å². The van der Waals surface area contributed by atoms with Crippen molar-refractivity contribution in [2.75, 3.05) is 0 Å². The van der Waals surface area contributed by atoms with Gasteiger partial charge in [0.25, 0.3) is 0 Å². The van der Waals surface area contributed by atoms with Gasteiger partial charge in [-0.15, -0.1) is 0 Å². The van der Waals surface area contributed by atoms with Crippen LogP contribution in [0.15, 0.2) is 18.2 Å². The lowest BCUT2D eigenvalue weighted by Crippen LogP contribution is -2.17. The second-order valence-corrected chi connectivity index (χ2v) is 6.62. The van der Waals surface area contributed by atoms with Crippen LogP contribution >= 0.6 is 0 Å². The van der Waals surface area contributed by atoms with Crippen LogP contribution in [-0.2, 0) is 17.2 Å². The lowest BCUT2D eigenvalue weighted by atomic mass is 9.78. The molecule has 0 aliphatic heterocycles. The minimum Gasteiger partial charge on any atom is -0.0643 e. The molecular formula is C15H23B. The second kappa shape index (κ2) is 4.27. The van der Waals surface area contributed by atoms with E-state index in [-0.39, 0.29) is 10.8 Å². The third-order valence-electron chi connectivity index (χ3n) is 2.96. The summed E-state index contributed by atoms with van der Waals surface area (Å²) in [7, 11) is 5.77. The van der Waals surface area contributed by atoms with Crippen molar-refractivity contribution in [1.29, 1.82) is 0 Å². The third-order valence-corrected chi connectivity index (χ3v) is 2.96. The fourth-order valence-corrected chi connectivity index (χ4v) is 1.68. The minimum atomic E-state index is 0.186. The Kier molecular flexibility index (Phi) is 3.57. The number of hydrogen-bond donors (Lipinski definition) is 0. The van der Waals surface area contributed by atoms with Gasteiger partial charge in [0.15, 0.2) is 0 Å². The third kappa shape index (κ3) is 3.14. The highest BCUT2D eigenvalue weighted by Crippen LogP contribution is 2.30. The minimum absolute atomic E-state index is 0.186. The molecule has 0 unspecified atom stereocenters. The second-order valence-electron chi connectivity index (χ2n) is 6.62. The highest BCUT2D eigenvalue weighted by molar-refractivity contribution is 6.08. The summed E-state index contributed by atoms with van der Waals surface area (Å²) in [6, 6.07) is 6.78. The van der Waals surface area contributed by atoms with Gasteiger partial charge < -0.3 is 0 Å². The van der Waals surface area contributed by atoms with Crippen LogP contribution in [0.1, 0.15) is 58.2 Å². The Balaban J connectivity index is 3.33. The number of hydrogen-bond acceptors (Lipinski definition) is 0. The van der Waals surface area contributed by atoms with Crippen molar-refractivity contribution in [3.05, 3.63) is 34.9 Å². The van der Waals surface area contributed by atoms with Gasteiger partial charge >= 0.3 is 0 Å². The van der Waals surface area contributed by atoms with Gasteiger partial charge in [0.1, 0.15) is 0 Å². The molecule has 1 aromatic rings. The predicted octanol–water partition coefficient (Wildman–Crippen LogP) is 3.95. The Labute approximate surface area is 102 Å². The molecule has 0 bridgehead atoms. The summed E-state index contributed by atoms with van der Waals surface area (Å²) in [6.45, 7) is 13.5. The van der Waals surface area contributed by atoms with Crippen LogP contribution in [-0.4, -0.2) is 7.85 Å². The normalized spacial score (nSPS) is 12.9. The Hall–Kier alpha value is -0.715. The summed E-state index contributed by atoms with van der Waals surface area (Å²) in [6.07, 6.45) is 0.618. The molecule has 0 spiro atoms. The maximum atomic E-state index is 5.77. The average molecular weight is 214 g/mol. The number of rotatable bonds is 1. The van der Waals surface area contributed by atoms with Crippen molar-refractivity contribution in [1.82, 2.24) is 0 Å². The van der Waals surface area contributed by atoms with E-state index in [0.29, 0.717) is 6.32 Å². The molecule has 2 radical (unpaired) electrons. The zero-order valence-electron chi connectivity index (χ0n) is 11.5. The topological polar surface area (TPSA) is 0 Å². The summed E-state index contributed by atoms with van der Waals surface area (Å²) in [5.41, 5.74) is 4.36. The average Bonchev–Trinajstić information content (AvgIpc) is 2.14. The van der Waals surface area contributed by atoms with E-state index in [1.807, 2.05) is 0 Å². The first-order valence-corrected chi connectivity index (χ1v) is 5.99. The van der Waals surface area contributed by atoms with Crippen molar-refractivity contribution in [2.45, 2.75) is 58.7 Å². The maximum absolute atomic E-state index is 5.77. The molecule has 16 heavy (non-hydrogen) atoms. The first kappa shape index (κ1) is 13.4. The van der Waals surface area contributed by atoms with E-state index < -0.39 is 0 Å². The van der Waals surface area contributed by atoms with E-state index >= 15 is 0 Å². The molecule has 0 N–H and O–H groups in total. The fourth-order valence-electron chi connectivity index (χ4n) is 1.68. The van der Waals surface area contributed by atoms with Gasteiger partial charge in [0.2, 0.25) is 0 Å². The fraction of sp³-hybridized carbons (Fsp3) is 0.600. The van der Waals surface area contributed by atoms with Gasteiger partial charge in [-0.3, -0.25) is 0 Å². The molecule has 0 amide bonds. The van der Waals surface area contributed by atoms with Crippen LogP contribution < -0.4 is 0 Å². The molecule has 86 valence electrons. The molecule has 0 atom stereocenters. The largest absolute Gasteiger partial charge is 0.0716 e. The van der Waals surface area contributed by atoms with Gasteiger partial charge in [-0.2, -0.15) is 0 Å². The molecule has 1 rings (SSSR count). The van der Waals surface area contributed by atoms with Crippen LogP contribution in [0.2, 0.25) is 0 Å². The molecule has 0 nitrogen and oxygen atoms in total. The Morgan fingerprint density at radius 1 is 0.812 bits per heavy atom. The van der Waals surface area contributed by atoms with Gasteiger partial charge in [0, 0.05) is 0 Å². The predicted molar refractivity (Wildman–Crippen MR) is 73.3 cm³/mol. The lowest BCUT2D eigenvalue weighted by Gasteiger charge is -2.26. The van der Waals surface area contributed by atoms with Crippen LogP contribution in [0.4, 0.5) is 0 Å². The maximum Gasteiger partial charge on any atom is 0.0716 e. The van der Waals surface area contributed by atoms with Gasteiger partial charge in [-0.05, 0) is 22.0 Å². The Morgan fingerprint density at radius 2 is 1.19 bits per heavy atom. The van der Waals surface area contributed by atoms with Gasteiger partial charge in [-0.25, -0.2) is 0 Å². The highest BCUT2D eigenvalue weighted by atomic mass is 14.2. The first-order valence-electron chi connectivity index (χ1n) is 5.99. The van der Waals surface area contributed by atoms with E-state index in [4.69, 9.17) is 7.85 Å². The summed E-state index contributed by atoms with van der Waals surface area (Å²) >= 11 is 0. The van der Waals surface area contributed by atoms with Crippen LogP contribution in [0.25, 0.3) is 0 Å². The molecule has 0 fully saturated rings. The van der Waals surface area contributed by atoms with E-state index in [1.165, 1.54) is 16.7 Å². The van der Waals surface area contributed by atoms with Crippen molar-refractivity contribution in [3.8, 4) is 0 Å². The zero-order valence-corrected chi connectivity index (χ0v) is 11.5. The molecule has 0 aromatic heterocycles. The SMILES string of the molecule is [B]Cc1cc(C(C)(C)C)cc(C(C)(C)C)c1. The van der Waals surface area contributed by atoms with E-state index in [1.54, 1.807) is 0 Å². The van der Waals surface area contributed by atoms with Crippen molar-refractivity contribution >= 4 is 7.85 Å². The van der Waals surface area contributed by atoms with Crippen molar-refractivity contribution in [2.24, 2.45) is 0 Å². The molecule has 1 aromatic carbocycles. The van der Waals surface area contributed by atoms with E-state index in [9.17, 15) is 0 Å². The summed E-state index contributed by atoms with van der Waals surface area (Å²) < 4.78 is 0. The Morgan fingerprint density at radius 3 is 1.44 bits per heavy atom. The van der Waals surface area contributed by atoms with E-state index in [0.717, 1.165) is 0 Å². The van der Waals surface area contributed by atoms with E-state index in [2.05, 4.69) is 59.7 Å². The quantitative estimate of drug-likeness (QED) is 0.621. The molecule has 0 aliphatic rings. The summed E-state index contributed by atoms with van der Waals surface area (Å²) in [5.74, 6) is 0. The standard InChI is InChI=1S/C15H23B/c1-14(2,3)12-7-11(10-16)8-13(9-12)15(4,5)6/h7-9H,10H2,1-6H3. The highest BCUT2D eigenvalue weighted by Gasteiger charge is 2.19. The summed E-state index contributed by atoms with van der Waals surface area (Å²) in [5, 5.41) is 0. The van der Waals surface area contributed by atoms with Crippen LogP contribution in [0, 0.1) is 0 Å². The first-order chi connectivity index (χ1) is 7.14. The molecule has 1 heteroatoms. The van der Waals surface area contributed by atoms with Gasteiger partial charge in [-0.1, -0.05) is 71.6 Å². The molecule has 0 saturated heterocycles. The molecule has 0 saturated carbocycles. The molecule has 0 aliphatic carbocycles. The molecular weight excluding hydrogens is 191 g/mol. The number of benzene rings is 1. The van der Waals surface area contributed by atoms with Crippen LogP contribution in [0.5, 0.6) is 0 Å². The van der Waals surface area contributed by atoms with Gasteiger partial charge in [0.05, 0.1) is 7.85 Å². The smallest absolute Gasteiger partial charge is 0.0643 e. The Bertz CT molecular complexity index is 332.